The zero-order valence-corrected chi connectivity index (χ0v) is 14.8. The molecule has 4 rings (SSSR count). The molecular formula is C18H15Cl2FN2O2. The molecule has 1 saturated heterocycles. The van der Waals surface area contributed by atoms with Gasteiger partial charge in [0.05, 0.1) is 28.0 Å². The van der Waals surface area contributed by atoms with Gasteiger partial charge < -0.3 is 4.74 Å². The molecule has 2 aromatic heterocycles. The molecule has 2 aromatic rings. The normalized spacial score (nSPS) is 27.2. The Hall–Kier alpha value is -1.56. The fourth-order valence-electron chi connectivity index (χ4n) is 3.43. The summed E-state index contributed by atoms with van der Waals surface area (Å²) in [5, 5.41) is 0.799. The molecule has 0 unspecified atom stereocenters. The smallest absolute Gasteiger partial charge is 0.195 e. The van der Waals surface area contributed by atoms with E-state index in [2.05, 4.69) is 9.97 Å². The number of halogens is 3. The van der Waals surface area contributed by atoms with Gasteiger partial charge in [-0.1, -0.05) is 29.3 Å². The number of hydrogen-bond acceptors (Lipinski definition) is 4. The number of Topliss-reactive ketones (excluding diaryl/α,β-unsaturated/α-hetero) is 1. The number of pyridine rings is 2. The molecule has 4 nitrogen and oxygen atoms in total. The highest BCUT2D eigenvalue weighted by Crippen LogP contribution is 2.53. The SMILES string of the molecule is O=C(CCc1ncc(Cl)cc1Cl)[C@]1(F)CC[C@@]2(CO2)c2ncccc21. The number of rotatable bonds is 4. The molecule has 0 N–H and O–H groups in total. The van der Waals surface area contributed by atoms with Crippen LogP contribution in [0.25, 0.3) is 0 Å². The van der Waals surface area contributed by atoms with Gasteiger partial charge in [0.15, 0.2) is 11.5 Å². The van der Waals surface area contributed by atoms with Gasteiger partial charge in [0, 0.05) is 24.4 Å². The molecule has 1 spiro atoms. The minimum atomic E-state index is -2.04. The van der Waals surface area contributed by atoms with Gasteiger partial charge in [0.2, 0.25) is 0 Å². The molecule has 0 aromatic carbocycles. The van der Waals surface area contributed by atoms with Gasteiger partial charge in [0.1, 0.15) is 5.60 Å². The summed E-state index contributed by atoms with van der Waals surface area (Å²) in [6, 6.07) is 4.85. The van der Waals surface area contributed by atoms with Crippen LogP contribution in [0.4, 0.5) is 4.39 Å². The number of fused-ring (bicyclic) bond motifs is 2. The molecule has 3 heterocycles. The van der Waals surface area contributed by atoms with Gasteiger partial charge in [-0.25, -0.2) is 4.39 Å². The van der Waals surface area contributed by atoms with Crippen molar-refractivity contribution in [3.63, 3.8) is 0 Å². The van der Waals surface area contributed by atoms with Crippen LogP contribution in [0.5, 0.6) is 0 Å². The van der Waals surface area contributed by atoms with Crippen molar-refractivity contribution in [2.24, 2.45) is 0 Å². The number of ether oxygens (including phenoxy) is 1. The third kappa shape index (κ3) is 2.84. The number of ketones is 1. The van der Waals surface area contributed by atoms with E-state index in [0.717, 1.165) is 0 Å². The van der Waals surface area contributed by atoms with Gasteiger partial charge in [-0.2, -0.15) is 0 Å². The largest absolute Gasteiger partial charge is 0.363 e. The van der Waals surface area contributed by atoms with Crippen LogP contribution in [0.15, 0.2) is 30.6 Å². The van der Waals surface area contributed by atoms with Crippen molar-refractivity contribution in [3.05, 3.63) is 57.6 Å². The minimum absolute atomic E-state index is 0.00699. The number of aryl methyl sites for hydroxylation is 1. The first kappa shape index (κ1) is 16.9. The van der Waals surface area contributed by atoms with E-state index >= 15 is 4.39 Å². The molecule has 130 valence electrons. The lowest BCUT2D eigenvalue weighted by Gasteiger charge is -2.33. The van der Waals surface area contributed by atoms with E-state index in [1.54, 1.807) is 24.4 Å². The maximum absolute atomic E-state index is 15.7. The summed E-state index contributed by atoms with van der Waals surface area (Å²) in [7, 11) is 0. The first-order valence-corrected chi connectivity index (χ1v) is 8.82. The van der Waals surface area contributed by atoms with Gasteiger partial charge in [-0.05, 0) is 31.4 Å². The molecule has 0 radical (unpaired) electrons. The summed E-state index contributed by atoms with van der Waals surface area (Å²) in [5.41, 5.74) is -1.11. The summed E-state index contributed by atoms with van der Waals surface area (Å²) in [5.74, 6) is -0.481. The van der Waals surface area contributed by atoms with Gasteiger partial charge in [-0.3, -0.25) is 14.8 Å². The van der Waals surface area contributed by atoms with E-state index in [1.807, 2.05) is 0 Å². The second-order valence-electron chi connectivity index (χ2n) is 6.49. The number of carbonyl (C=O) groups is 1. The summed E-state index contributed by atoms with van der Waals surface area (Å²) in [6.45, 7) is 0.533. The molecule has 2 aliphatic rings. The summed E-state index contributed by atoms with van der Waals surface area (Å²) in [6.07, 6.45) is 3.90. The van der Waals surface area contributed by atoms with Crippen LogP contribution in [-0.4, -0.2) is 22.4 Å². The number of nitrogens with zero attached hydrogens (tertiary/aromatic N) is 2. The summed E-state index contributed by atoms with van der Waals surface area (Å²) in [4.78, 5) is 21.1. The van der Waals surface area contributed by atoms with E-state index in [4.69, 9.17) is 27.9 Å². The average Bonchev–Trinajstić information content (AvgIpc) is 3.39. The highest BCUT2D eigenvalue weighted by molar-refractivity contribution is 6.34. The second kappa shape index (κ2) is 6.01. The van der Waals surface area contributed by atoms with E-state index < -0.39 is 17.1 Å². The van der Waals surface area contributed by atoms with Crippen LogP contribution in [0, 0.1) is 0 Å². The number of alkyl halides is 1. The zero-order valence-electron chi connectivity index (χ0n) is 13.3. The minimum Gasteiger partial charge on any atom is -0.363 e. The van der Waals surface area contributed by atoms with E-state index in [0.29, 0.717) is 40.0 Å². The molecule has 25 heavy (non-hydrogen) atoms. The highest BCUT2D eigenvalue weighted by atomic mass is 35.5. The number of aromatic nitrogens is 2. The topological polar surface area (TPSA) is 55.4 Å². The fraction of sp³-hybridized carbons (Fsp3) is 0.389. The van der Waals surface area contributed by atoms with E-state index in [1.165, 1.54) is 6.20 Å². The second-order valence-corrected chi connectivity index (χ2v) is 7.33. The number of hydrogen-bond donors (Lipinski definition) is 0. The zero-order chi connectivity index (χ0) is 17.7. The monoisotopic (exact) mass is 380 g/mol. The molecule has 0 saturated carbocycles. The Morgan fingerprint density at radius 2 is 2.12 bits per heavy atom. The molecule has 7 heteroatoms. The molecule has 0 amide bonds. The predicted octanol–water partition coefficient (Wildman–Crippen LogP) is 4.17. The Kier molecular flexibility index (Phi) is 4.06. The molecular weight excluding hydrogens is 366 g/mol. The number of carbonyl (C=O) groups excluding carboxylic acids is 1. The fourth-order valence-corrected chi connectivity index (χ4v) is 3.90. The first-order chi connectivity index (χ1) is 11.9. The van der Waals surface area contributed by atoms with Crippen LogP contribution in [0.3, 0.4) is 0 Å². The van der Waals surface area contributed by atoms with Crippen LogP contribution < -0.4 is 0 Å². The lowest BCUT2D eigenvalue weighted by Crippen LogP contribution is -2.39. The first-order valence-electron chi connectivity index (χ1n) is 8.07. The molecule has 1 fully saturated rings. The summed E-state index contributed by atoms with van der Waals surface area (Å²) < 4.78 is 21.2. The van der Waals surface area contributed by atoms with Crippen molar-refractivity contribution < 1.29 is 13.9 Å². The Morgan fingerprint density at radius 1 is 1.32 bits per heavy atom. The molecule has 1 aliphatic heterocycles. The predicted molar refractivity (Wildman–Crippen MR) is 91.5 cm³/mol. The van der Waals surface area contributed by atoms with Crippen LogP contribution in [0.1, 0.15) is 36.2 Å². The standard InChI is InChI=1S/C18H15Cl2FN2O2/c19-11-8-13(20)14(23-9-11)3-4-15(24)18(21)6-5-17(10-25-17)16-12(18)2-1-7-22-16/h1-2,7-9H,3-6,10H2/t17-,18+/m1/s1. The Bertz CT molecular complexity index is 857. The van der Waals surface area contributed by atoms with Crippen molar-refractivity contribution in [3.8, 4) is 0 Å². The molecule has 2 atom stereocenters. The van der Waals surface area contributed by atoms with Crippen molar-refractivity contribution in [2.75, 3.05) is 6.61 Å². The number of epoxide rings is 1. The maximum Gasteiger partial charge on any atom is 0.195 e. The van der Waals surface area contributed by atoms with Crippen LogP contribution in [0.2, 0.25) is 10.0 Å². The van der Waals surface area contributed by atoms with Crippen molar-refractivity contribution in [1.29, 1.82) is 0 Å². The lowest BCUT2D eigenvalue weighted by molar-refractivity contribution is -0.132. The maximum atomic E-state index is 15.7. The van der Waals surface area contributed by atoms with E-state index in [9.17, 15) is 4.79 Å². The lowest BCUT2D eigenvalue weighted by atomic mass is 9.74. The van der Waals surface area contributed by atoms with Gasteiger partial charge in [0.25, 0.3) is 0 Å². The Balaban J connectivity index is 1.57. The van der Waals surface area contributed by atoms with Crippen LogP contribution in [-0.2, 0) is 27.2 Å². The highest BCUT2D eigenvalue weighted by Gasteiger charge is 2.58. The molecule has 0 bridgehead atoms. The Labute approximate surface area is 154 Å². The Morgan fingerprint density at radius 3 is 2.84 bits per heavy atom. The third-order valence-corrected chi connectivity index (χ3v) is 5.48. The molecule has 1 aliphatic carbocycles. The van der Waals surface area contributed by atoms with Crippen molar-refractivity contribution in [2.45, 2.75) is 37.0 Å². The van der Waals surface area contributed by atoms with Gasteiger partial charge in [-0.15, -0.1) is 0 Å². The average molecular weight is 381 g/mol. The van der Waals surface area contributed by atoms with Gasteiger partial charge >= 0.3 is 0 Å². The van der Waals surface area contributed by atoms with Crippen molar-refractivity contribution >= 4 is 29.0 Å². The van der Waals surface area contributed by atoms with Crippen molar-refractivity contribution in [1.82, 2.24) is 9.97 Å². The quantitative estimate of drug-likeness (QED) is 0.746. The summed E-state index contributed by atoms with van der Waals surface area (Å²) >= 11 is 11.9. The van der Waals surface area contributed by atoms with Crippen LogP contribution >= 0.6 is 23.2 Å². The van der Waals surface area contributed by atoms with E-state index in [-0.39, 0.29) is 19.3 Å². The third-order valence-electron chi connectivity index (χ3n) is 4.95.